The van der Waals surface area contributed by atoms with Crippen LogP contribution in [-0.4, -0.2) is 12.6 Å². The average molecular weight is 271 g/mol. The molecule has 3 heteroatoms. The van der Waals surface area contributed by atoms with Gasteiger partial charge in [0.25, 0.3) is 5.56 Å². The van der Waals surface area contributed by atoms with Crippen LogP contribution in [0.25, 0.3) is 0 Å². The Balaban J connectivity index is 2.28. The van der Waals surface area contributed by atoms with Gasteiger partial charge in [0.15, 0.2) is 0 Å². The molecule has 0 spiro atoms. The number of rotatable bonds is 3. The van der Waals surface area contributed by atoms with Gasteiger partial charge in [-0.05, 0) is 18.6 Å². The van der Waals surface area contributed by atoms with Gasteiger partial charge in [0, 0.05) is 11.8 Å². The Kier molecular flexibility index (Phi) is 3.76. The topological polar surface area (TPSA) is 22.0 Å². The predicted molar refractivity (Wildman–Crippen MR) is 84.0 cm³/mol. The number of nitrogens with zero attached hydrogens (tertiary/aromatic N) is 1. The number of aryl methyl sites for hydroxylation is 1. The highest BCUT2D eigenvalue weighted by atomic mass is 28.3. The monoisotopic (exact) mass is 271 g/mol. The third kappa shape index (κ3) is 3.23. The maximum absolute atomic E-state index is 11.8. The van der Waals surface area contributed by atoms with E-state index < -0.39 is 8.07 Å². The van der Waals surface area contributed by atoms with Crippen molar-refractivity contribution in [3.63, 3.8) is 0 Å². The van der Waals surface area contributed by atoms with Gasteiger partial charge in [0.2, 0.25) is 0 Å². The molecule has 1 aromatic carbocycles. The Morgan fingerprint density at radius 3 is 2.16 bits per heavy atom. The molecule has 0 saturated carbocycles. The molecule has 2 nitrogen and oxygen atoms in total. The molecule has 2 aromatic rings. The van der Waals surface area contributed by atoms with E-state index in [2.05, 4.69) is 43.9 Å². The van der Waals surface area contributed by atoms with E-state index in [9.17, 15) is 4.79 Å². The zero-order valence-electron chi connectivity index (χ0n) is 12.1. The van der Waals surface area contributed by atoms with Crippen LogP contribution in [0.15, 0.2) is 47.3 Å². The van der Waals surface area contributed by atoms with Gasteiger partial charge >= 0.3 is 0 Å². The molecule has 1 heterocycles. The molecule has 2 rings (SSSR count). The number of aromatic nitrogens is 1. The lowest BCUT2D eigenvalue weighted by Gasteiger charge is -2.17. The molecule has 0 radical (unpaired) electrons. The molecule has 0 fully saturated rings. The van der Waals surface area contributed by atoms with Crippen LogP contribution >= 0.6 is 0 Å². The lowest BCUT2D eigenvalue weighted by molar-refractivity contribution is 0.730. The van der Waals surface area contributed by atoms with Crippen molar-refractivity contribution in [3.05, 3.63) is 64.1 Å². The molecule has 0 bridgehead atoms. The lowest BCUT2D eigenvalue weighted by Crippen LogP contribution is -2.37. The molecule has 0 saturated heterocycles. The summed E-state index contributed by atoms with van der Waals surface area (Å²) in [6.45, 7) is 9.64. The minimum Gasteiger partial charge on any atom is -0.309 e. The van der Waals surface area contributed by atoms with Crippen molar-refractivity contribution in [2.75, 3.05) is 0 Å². The van der Waals surface area contributed by atoms with Crippen LogP contribution in [0.4, 0.5) is 0 Å². The summed E-state index contributed by atoms with van der Waals surface area (Å²) in [4.78, 5) is 11.8. The molecular formula is C16H21NOSi. The predicted octanol–water partition coefficient (Wildman–Crippen LogP) is 2.75. The van der Waals surface area contributed by atoms with Crippen LogP contribution in [0.3, 0.4) is 0 Å². The highest BCUT2D eigenvalue weighted by Crippen LogP contribution is 2.06. The van der Waals surface area contributed by atoms with E-state index in [1.165, 1.54) is 10.8 Å². The fourth-order valence-electron chi connectivity index (χ4n) is 2.12. The Morgan fingerprint density at radius 2 is 1.63 bits per heavy atom. The first-order valence-electron chi connectivity index (χ1n) is 6.64. The summed E-state index contributed by atoms with van der Waals surface area (Å²) in [5, 5.41) is 1.45. The smallest absolute Gasteiger partial charge is 0.251 e. The molecule has 0 aliphatic rings. The zero-order chi connectivity index (χ0) is 14.0. The van der Waals surface area contributed by atoms with Crippen molar-refractivity contribution < 1.29 is 0 Å². The van der Waals surface area contributed by atoms with Crippen molar-refractivity contribution in [3.8, 4) is 0 Å². The number of hydrogen-bond donors (Lipinski definition) is 0. The normalized spacial score (nSPS) is 11.6. The van der Waals surface area contributed by atoms with Gasteiger partial charge in [-0.15, -0.1) is 0 Å². The maximum atomic E-state index is 11.8. The Morgan fingerprint density at radius 1 is 1.00 bits per heavy atom. The van der Waals surface area contributed by atoms with Crippen LogP contribution in [-0.2, 0) is 6.54 Å². The molecule has 19 heavy (non-hydrogen) atoms. The summed E-state index contributed by atoms with van der Waals surface area (Å²) in [7, 11) is -1.24. The third-order valence-electron chi connectivity index (χ3n) is 3.43. The number of pyridine rings is 1. The van der Waals surface area contributed by atoms with Gasteiger partial charge in [0.1, 0.15) is 0 Å². The van der Waals surface area contributed by atoms with E-state index in [0.29, 0.717) is 6.54 Å². The summed E-state index contributed by atoms with van der Waals surface area (Å²) in [5.41, 5.74) is 2.24. The first kappa shape index (κ1) is 13.8. The molecule has 1 aromatic heterocycles. The maximum Gasteiger partial charge on any atom is 0.251 e. The second-order valence-electron chi connectivity index (χ2n) is 6.04. The molecule has 0 unspecified atom stereocenters. The number of benzene rings is 1. The van der Waals surface area contributed by atoms with Crippen molar-refractivity contribution in [1.82, 2.24) is 4.57 Å². The van der Waals surface area contributed by atoms with Gasteiger partial charge in [-0.25, -0.2) is 0 Å². The molecule has 100 valence electrons. The largest absolute Gasteiger partial charge is 0.309 e. The summed E-state index contributed by atoms with van der Waals surface area (Å²) in [6.07, 6.45) is 0. The fraction of sp³-hybridized carbons (Fsp3) is 0.312. The van der Waals surface area contributed by atoms with E-state index in [1.807, 2.05) is 23.6 Å². The van der Waals surface area contributed by atoms with E-state index in [-0.39, 0.29) is 5.56 Å². The third-order valence-corrected chi connectivity index (χ3v) is 5.49. The van der Waals surface area contributed by atoms with Crippen LogP contribution < -0.4 is 10.7 Å². The average Bonchev–Trinajstić information content (AvgIpc) is 2.33. The molecule has 0 atom stereocenters. The van der Waals surface area contributed by atoms with Crippen LogP contribution in [0.2, 0.25) is 19.6 Å². The van der Waals surface area contributed by atoms with Crippen LogP contribution in [0.5, 0.6) is 0 Å². The van der Waals surface area contributed by atoms with Gasteiger partial charge in [-0.2, -0.15) is 0 Å². The summed E-state index contributed by atoms with van der Waals surface area (Å²) in [6, 6.07) is 14.1. The minimum atomic E-state index is -1.24. The Hall–Kier alpha value is -1.61. The molecule has 0 aliphatic carbocycles. The van der Waals surface area contributed by atoms with Crippen molar-refractivity contribution in [2.24, 2.45) is 0 Å². The lowest BCUT2D eigenvalue weighted by atomic mass is 10.2. The second kappa shape index (κ2) is 5.17. The highest BCUT2D eigenvalue weighted by molar-refractivity contribution is 6.88. The van der Waals surface area contributed by atoms with Gasteiger partial charge in [-0.1, -0.05) is 55.2 Å². The quantitative estimate of drug-likeness (QED) is 0.787. The first-order chi connectivity index (χ1) is 8.88. The van der Waals surface area contributed by atoms with E-state index in [1.54, 1.807) is 6.07 Å². The summed E-state index contributed by atoms with van der Waals surface area (Å²) < 4.78 is 1.81. The van der Waals surface area contributed by atoms with Gasteiger partial charge < -0.3 is 4.57 Å². The van der Waals surface area contributed by atoms with Gasteiger partial charge in [0.05, 0.1) is 14.6 Å². The Bertz CT molecular complexity index is 620. The van der Waals surface area contributed by atoms with Crippen molar-refractivity contribution in [1.29, 1.82) is 0 Å². The van der Waals surface area contributed by atoms with E-state index in [4.69, 9.17) is 0 Å². The fourth-order valence-corrected chi connectivity index (χ4v) is 3.29. The molecule has 0 aliphatic heterocycles. The molecular weight excluding hydrogens is 250 g/mol. The van der Waals surface area contributed by atoms with Crippen molar-refractivity contribution in [2.45, 2.75) is 33.1 Å². The second-order valence-corrected chi connectivity index (χ2v) is 11.1. The summed E-state index contributed by atoms with van der Waals surface area (Å²) >= 11 is 0. The van der Waals surface area contributed by atoms with Crippen LogP contribution in [0, 0.1) is 6.92 Å². The van der Waals surface area contributed by atoms with Crippen LogP contribution in [0.1, 0.15) is 11.3 Å². The molecule has 0 N–H and O–H groups in total. The SMILES string of the molecule is Cc1cccc(=O)n1Cc1ccc([Si](C)(C)C)cc1. The van der Waals surface area contributed by atoms with E-state index >= 15 is 0 Å². The minimum absolute atomic E-state index is 0.0641. The summed E-state index contributed by atoms with van der Waals surface area (Å²) in [5.74, 6) is 0. The van der Waals surface area contributed by atoms with E-state index in [0.717, 1.165) is 5.69 Å². The van der Waals surface area contributed by atoms with Gasteiger partial charge in [-0.3, -0.25) is 4.79 Å². The first-order valence-corrected chi connectivity index (χ1v) is 10.1. The highest BCUT2D eigenvalue weighted by Gasteiger charge is 2.15. The number of hydrogen-bond acceptors (Lipinski definition) is 1. The molecule has 0 amide bonds. The van der Waals surface area contributed by atoms with Crippen molar-refractivity contribution >= 4 is 13.3 Å². The standard InChI is InChI=1S/C16H21NOSi/c1-13-6-5-7-16(18)17(13)12-14-8-10-15(11-9-14)19(2,3)4/h5-11H,12H2,1-4H3. The zero-order valence-corrected chi connectivity index (χ0v) is 13.1. The Labute approximate surface area is 115 Å².